The van der Waals surface area contributed by atoms with Gasteiger partial charge in [-0.15, -0.1) is 0 Å². The highest BCUT2D eigenvalue weighted by Gasteiger charge is 2.36. The van der Waals surface area contributed by atoms with Crippen LogP contribution in [-0.4, -0.2) is 52.8 Å². The third-order valence-electron chi connectivity index (χ3n) is 6.55. The molecule has 0 spiro atoms. The average Bonchev–Trinajstić information content (AvgIpc) is 3.51. The molecule has 0 bridgehead atoms. The van der Waals surface area contributed by atoms with Crippen LogP contribution in [0.4, 0.5) is 23.8 Å². The van der Waals surface area contributed by atoms with E-state index in [2.05, 4.69) is 10.6 Å². The number of carbonyl (C=O) groups is 1. The Kier molecular flexibility index (Phi) is 6.28. The number of nitrogens with one attached hydrogen (secondary N) is 2. The van der Waals surface area contributed by atoms with Crippen LogP contribution in [0, 0.1) is 5.82 Å². The number of carbonyl (C=O) groups excluding carboxylic acids is 1. The quantitative estimate of drug-likeness (QED) is 0.564. The molecule has 2 aliphatic rings. The highest BCUT2D eigenvalue weighted by Crippen LogP contribution is 2.32. The van der Waals surface area contributed by atoms with Crippen molar-refractivity contribution in [2.45, 2.75) is 37.6 Å². The van der Waals surface area contributed by atoms with Crippen LogP contribution in [0.1, 0.15) is 29.2 Å². The number of nitrogens with zero attached hydrogens (tertiary/aromatic N) is 3. The molecule has 3 aromatic rings. The molecule has 2 atom stereocenters. The second-order valence-electron chi connectivity index (χ2n) is 8.85. The van der Waals surface area contributed by atoms with Crippen molar-refractivity contribution in [3.63, 3.8) is 0 Å². The zero-order chi connectivity index (χ0) is 23.7. The van der Waals surface area contributed by atoms with Gasteiger partial charge in [-0.25, -0.2) is 22.6 Å². The molecule has 2 heterocycles. The molecule has 2 N–H and O–H groups in total. The first-order valence-electron chi connectivity index (χ1n) is 11.5. The number of para-hydroxylation sites is 1. The van der Waals surface area contributed by atoms with Gasteiger partial charge in [0.2, 0.25) is 0 Å². The van der Waals surface area contributed by atoms with Gasteiger partial charge < -0.3 is 5.32 Å². The average molecular weight is 470 g/mol. The number of likely N-dealkylation sites (tertiary alicyclic amines) is 1. The Labute approximate surface area is 195 Å². The molecule has 34 heavy (non-hydrogen) atoms. The zero-order valence-electron chi connectivity index (χ0n) is 18.6. The predicted octanol–water partition coefficient (Wildman–Crippen LogP) is 4.35. The summed E-state index contributed by atoms with van der Waals surface area (Å²) in [6.45, 7) is 0.278. The highest BCUT2D eigenvalue weighted by atomic mass is 19.3. The van der Waals surface area contributed by atoms with Crippen molar-refractivity contribution in [3.05, 3.63) is 77.2 Å². The Balaban J connectivity index is 1.36. The second-order valence-corrected chi connectivity index (χ2v) is 8.85. The maximum Gasteiger partial charge on any atom is 0.320 e. The first-order valence-corrected chi connectivity index (χ1v) is 11.5. The fraction of sp³-hybridized carbons (Fsp3) is 0.360. The van der Waals surface area contributed by atoms with Crippen LogP contribution in [0.5, 0.6) is 0 Å². The van der Waals surface area contributed by atoms with Crippen molar-refractivity contribution >= 4 is 11.8 Å². The maximum atomic E-state index is 13.4. The van der Waals surface area contributed by atoms with E-state index in [1.807, 2.05) is 30.3 Å². The standard InChI is InChI=1S/C25H26F3N5O/c26-17-11-9-16(10-12-17)20-13-32(15-23(27)28)14-22(20)29-25(34)30-24-19-7-4-8-21(19)31-33(24)18-5-2-1-3-6-18/h1-3,5-6,9-12,20,22-23H,4,7-8,13-15H2,(H2,29,30,34)/t20-,22+/m0/s1. The van der Waals surface area contributed by atoms with Gasteiger partial charge in [-0.2, -0.15) is 5.10 Å². The largest absolute Gasteiger partial charge is 0.333 e. The number of benzene rings is 2. The molecule has 1 aliphatic heterocycles. The minimum atomic E-state index is -2.47. The number of hydrogen-bond donors (Lipinski definition) is 2. The Morgan fingerprint density at radius 3 is 2.56 bits per heavy atom. The minimum absolute atomic E-state index is 0.227. The van der Waals surface area contributed by atoms with Gasteiger partial charge in [0.25, 0.3) is 6.43 Å². The lowest BCUT2D eigenvalue weighted by molar-refractivity contribution is 0.0983. The molecule has 0 saturated carbocycles. The fourth-order valence-electron chi connectivity index (χ4n) is 5.01. The van der Waals surface area contributed by atoms with Crippen LogP contribution in [0.25, 0.3) is 5.69 Å². The molecule has 2 aromatic carbocycles. The predicted molar refractivity (Wildman–Crippen MR) is 123 cm³/mol. The Hall–Kier alpha value is -3.33. The van der Waals surface area contributed by atoms with Crippen molar-refractivity contribution in [1.82, 2.24) is 20.0 Å². The molecule has 0 unspecified atom stereocenters. The van der Waals surface area contributed by atoms with Crippen molar-refractivity contribution < 1.29 is 18.0 Å². The van der Waals surface area contributed by atoms with Gasteiger partial charge in [-0.3, -0.25) is 10.2 Å². The van der Waals surface area contributed by atoms with Crippen molar-refractivity contribution in [1.29, 1.82) is 0 Å². The molecular formula is C25H26F3N5O. The number of hydrogen-bond acceptors (Lipinski definition) is 3. The summed E-state index contributed by atoms with van der Waals surface area (Å²) in [6.07, 6.45) is 0.219. The Bertz CT molecular complexity index is 1150. The normalized spacial score (nSPS) is 20.0. The monoisotopic (exact) mass is 469 g/mol. The van der Waals surface area contributed by atoms with E-state index in [-0.39, 0.29) is 24.8 Å². The Morgan fingerprint density at radius 2 is 1.82 bits per heavy atom. The number of aryl methyl sites for hydroxylation is 1. The van der Waals surface area contributed by atoms with Gasteiger partial charge >= 0.3 is 6.03 Å². The van der Waals surface area contributed by atoms with Crippen LogP contribution in [0.3, 0.4) is 0 Å². The van der Waals surface area contributed by atoms with Gasteiger partial charge in [0.15, 0.2) is 0 Å². The molecular weight excluding hydrogens is 443 g/mol. The van der Waals surface area contributed by atoms with E-state index in [4.69, 9.17) is 5.10 Å². The summed E-state index contributed by atoms with van der Waals surface area (Å²) >= 11 is 0. The van der Waals surface area contributed by atoms with Gasteiger partial charge in [-0.05, 0) is 49.1 Å². The molecule has 1 aliphatic carbocycles. The summed E-state index contributed by atoms with van der Waals surface area (Å²) < 4.78 is 41.3. The van der Waals surface area contributed by atoms with Crippen LogP contribution < -0.4 is 10.6 Å². The molecule has 1 saturated heterocycles. The molecule has 178 valence electrons. The van der Waals surface area contributed by atoms with E-state index >= 15 is 0 Å². The second kappa shape index (κ2) is 9.50. The van der Waals surface area contributed by atoms with Crippen molar-refractivity contribution in [2.24, 2.45) is 0 Å². The summed E-state index contributed by atoms with van der Waals surface area (Å²) in [4.78, 5) is 14.8. The van der Waals surface area contributed by atoms with Crippen molar-refractivity contribution in [3.8, 4) is 5.69 Å². The van der Waals surface area contributed by atoms with Crippen molar-refractivity contribution in [2.75, 3.05) is 25.0 Å². The first-order chi connectivity index (χ1) is 16.5. The number of rotatable bonds is 6. The molecule has 0 radical (unpaired) electrons. The smallest absolute Gasteiger partial charge is 0.320 e. The number of aromatic nitrogens is 2. The summed E-state index contributed by atoms with van der Waals surface area (Å²) in [7, 11) is 0. The number of fused-ring (bicyclic) bond motifs is 1. The van der Waals surface area contributed by atoms with Gasteiger partial charge in [0.1, 0.15) is 11.6 Å². The first kappa shape index (κ1) is 22.5. The summed E-state index contributed by atoms with van der Waals surface area (Å²) in [6, 6.07) is 14.8. The molecule has 9 heteroatoms. The van der Waals surface area contributed by atoms with E-state index in [0.717, 1.165) is 41.8 Å². The van der Waals surface area contributed by atoms with E-state index < -0.39 is 18.5 Å². The molecule has 2 amide bonds. The number of urea groups is 1. The lowest BCUT2D eigenvalue weighted by Crippen LogP contribution is -2.42. The third kappa shape index (κ3) is 4.65. The molecule has 6 nitrogen and oxygen atoms in total. The van der Waals surface area contributed by atoms with E-state index in [9.17, 15) is 18.0 Å². The summed E-state index contributed by atoms with van der Waals surface area (Å²) in [5.74, 6) is 0.0447. The molecule has 1 aromatic heterocycles. The zero-order valence-corrected chi connectivity index (χ0v) is 18.6. The molecule has 1 fully saturated rings. The topological polar surface area (TPSA) is 62.2 Å². The number of anilines is 1. The lowest BCUT2D eigenvalue weighted by Gasteiger charge is -2.21. The summed E-state index contributed by atoms with van der Waals surface area (Å²) in [5, 5.41) is 10.7. The van der Waals surface area contributed by atoms with Crippen LogP contribution in [-0.2, 0) is 12.8 Å². The lowest BCUT2D eigenvalue weighted by atomic mass is 9.94. The number of alkyl halides is 2. The fourth-order valence-corrected chi connectivity index (χ4v) is 5.01. The van der Waals surface area contributed by atoms with Crippen LogP contribution >= 0.6 is 0 Å². The maximum absolute atomic E-state index is 13.4. The van der Waals surface area contributed by atoms with Crippen LogP contribution in [0.2, 0.25) is 0 Å². The number of halogens is 3. The highest BCUT2D eigenvalue weighted by molar-refractivity contribution is 5.90. The van der Waals surface area contributed by atoms with Crippen LogP contribution in [0.15, 0.2) is 54.6 Å². The SMILES string of the molecule is O=C(Nc1c2c(nn1-c1ccccc1)CCC2)N[C@@H]1CN(CC(F)F)C[C@H]1c1ccc(F)cc1. The molecule has 5 rings (SSSR count). The van der Waals surface area contributed by atoms with E-state index in [0.29, 0.717) is 12.4 Å². The van der Waals surface area contributed by atoms with E-state index in [1.165, 1.54) is 12.1 Å². The van der Waals surface area contributed by atoms with E-state index in [1.54, 1.807) is 21.7 Å². The third-order valence-corrected chi connectivity index (χ3v) is 6.55. The van der Waals surface area contributed by atoms with Gasteiger partial charge in [0.05, 0.1) is 24.0 Å². The summed E-state index contributed by atoms with van der Waals surface area (Å²) in [5.41, 5.74) is 3.66. The minimum Gasteiger partial charge on any atom is -0.333 e. The van der Waals surface area contributed by atoms with Gasteiger partial charge in [-0.1, -0.05) is 30.3 Å². The van der Waals surface area contributed by atoms with Gasteiger partial charge in [0, 0.05) is 24.6 Å². The number of amides is 2. The Morgan fingerprint density at radius 1 is 1.06 bits per heavy atom.